The molecule has 1 saturated heterocycles. The standard InChI is InChI=1S/C10H10ClNO2S/c11-8-3-6-15-9(8)10(14)12-4-1-7(13)2-5-12/h3,6H,1-2,4-5H2. The third kappa shape index (κ3) is 2.21. The van der Waals surface area contributed by atoms with E-state index in [9.17, 15) is 9.59 Å². The lowest BCUT2D eigenvalue weighted by atomic mass is 10.1. The molecule has 1 aliphatic heterocycles. The van der Waals surface area contributed by atoms with E-state index < -0.39 is 0 Å². The van der Waals surface area contributed by atoms with Crippen molar-refractivity contribution in [3.8, 4) is 0 Å². The van der Waals surface area contributed by atoms with Crippen molar-refractivity contribution in [1.82, 2.24) is 4.90 Å². The van der Waals surface area contributed by atoms with E-state index in [1.807, 2.05) is 0 Å². The molecule has 0 saturated carbocycles. The first kappa shape index (κ1) is 10.6. The highest BCUT2D eigenvalue weighted by atomic mass is 35.5. The number of carbonyl (C=O) groups is 2. The summed E-state index contributed by atoms with van der Waals surface area (Å²) in [5, 5.41) is 2.30. The van der Waals surface area contributed by atoms with Gasteiger partial charge in [0, 0.05) is 25.9 Å². The van der Waals surface area contributed by atoms with Crippen LogP contribution in [0, 0.1) is 0 Å². The van der Waals surface area contributed by atoms with Gasteiger partial charge in [-0.3, -0.25) is 9.59 Å². The van der Waals surface area contributed by atoms with Crippen LogP contribution >= 0.6 is 22.9 Å². The molecule has 0 aromatic carbocycles. The van der Waals surface area contributed by atoms with Gasteiger partial charge in [-0.05, 0) is 11.4 Å². The lowest BCUT2D eigenvalue weighted by Gasteiger charge is -2.25. The molecule has 0 bridgehead atoms. The zero-order valence-corrected chi connectivity index (χ0v) is 9.61. The van der Waals surface area contributed by atoms with E-state index in [-0.39, 0.29) is 11.7 Å². The lowest BCUT2D eigenvalue weighted by Crippen LogP contribution is -2.38. The number of nitrogens with zero attached hydrogens (tertiary/aromatic N) is 1. The summed E-state index contributed by atoms with van der Waals surface area (Å²) in [6, 6.07) is 1.72. The van der Waals surface area contributed by atoms with Gasteiger partial charge in [-0.15, -0.1) is 11.3 Å². The molecule has 0 spiro atoms. The van der Waals surface area contributed by atoms with Gasteiger partial charge in [-0.1, -0.05) is 11.6 Å². The van der Waals surface area contributed by atoms with Crippen molar-refractivity contribution in [3.05, 3.63) is 21.3 Å². The normalized spacial score (nSPS) is 16.9. The number of hydrogen-bond donors (Lipinski definition) is 0. The molecule has 1 aromatic heterocycles. The van der Waals surface area contributed by atoms with Gasteiger partial charge in [0.25, 0.3) is 5.91 Å². The van der Waals surface area contributed by atoms with Crippen molar-refractivity contribution >= 4 is 34.6 Å². The number of piperidine rings is 1. The first-order valence-corrected chi connectivity index (χ1v) is 5.98. The largest absolute Gasteiger partial charge is 0.337 e. The van der Waals surface area contributed by atoms with Crippen LogP contribution in [0.25, 0.3) is 0 Å². The minimum Gasteiger partial charge on any atom is -0.337 e. The maximum Gasteiger partial charge on any atom is 0.265 e. The molecular weight excluding hydrogens is 234 g/mol. The second kappa shape index (κ2) is 4.33. The summed E-state index contributed by atoms with van der Waals surface area (Å²) in [6.07, 6.45) is 0.934. The molecule has 1 aliphatic rings. The van der Waals surface area contributed by atoms with Gasteiger partial charge in [-0.25, -0.2) is 0 Å². The van der Waals surface area contributed by atoms with Gasteiger partial charge >= 0.3 is 0 Å². The zero-order valence-electron chi connectivity index (χ0n) is 8.03. The fourth-order valence-corrected chi connectivity index (χ4v) is 2.65. The summed E-state index contributed by atoms with van der Waals surface area (Å²) in [5.74, 6) is 0.179. The number of thiophene rings is 1. The van der Waals surface area contributed by atoms with Crippen molar-refractivity contribution in [1.29, 1.82) is 0 Å². The average Bonchev–Trinajstić information content (AvgIpc) is 2.65. The smallest absolute Gasteiger partial charge is 0.265 e. The monoisotopic (exact) mass is 243 g/mol. The minimum atomic E-state index is -0.0532. The van der Waals surface area contributed by atoms with E-state index >= 15 is 0 Å². The van der Waals surface area contributed by atoms with Crippen LogP contribution < -0.4 is 0 Å². The van der Waals surface area contributed by atoms with Crippen LogP contribution in [0.15, 0.2) is 11.4 Å². The number of likely N-dealkylation sites (tertiary alicyclic amines) is 1. The first-order valence-electron chi connectivity index (χ1n) is 4.72. The van der Waals surface area contributed by atoms with Crippen molar-refractivity contribution in [2.75, 3.05) is 13.1 Å². The molecule has 3 nitrogen and oxygen atoms in total. The van der Waals surface area contributed by atoms with Crippen LogP contribution in [0.5, 0.6) is 0 Å². The number of Topliss-reactive ketones (excluding diaryl/α,β-unsaturated/α-hetero) is 1. The summed E-state index contributed by atoms with van der Waals surface area (Å²) in [4.78, 5) is 25.2. The van der Waals surface area contributed by atoms with Gasteiger partial charge < -0.3 is 4.90 Å². The number of ketones is 1. The molecule has 80 valence electrons. The summed E-state index contributed by atoms with van der Waals surface area (Å²) in [7, 11) is 0. The van der Waals surface area contributed by atoms with Gasteiger partial charge in [0.2, 0.25) is 0 Å². The Balaban J connectivity index is 2.09. The highest BCUT2D eigenvalue weighted by molar-refractivity contribution is 7.12. The van der Waals surface area contributed by atoms with E-state index in [2.05, 4.69) is 0 Å². The highest BCUT2D eigenvalue weighted by Crippen LogP contribution is 2.24. The molecule has 0 N–H and O–H groups in total. The Hall–Kier alpha value is -0.870. The Labute approximate surface area is 96.6 Å². The summed E-state index contributed by atoms with van der Waals surface area (Å²) < 4.78 is 0. The van der Waals surface area contributed by atoms with Gasteiger partial charge in [0.1, 0.15) is 10.7 Å². The molecule has 15 heavy (non-hydrogen) atoms. The molecule has 5 heteroatoms. The lowest BCUT2D eigenvalue weighted by molar-refractivity contribution is -0.120. The third-order valence-corrected chi connectivity index (χ3v) is 3.75. The molecule has 2 rings (SSSR count). The Bertz CT molecular complexity index is 392. The van der Waals surface area contributed by atoms with Crippen LogP contribution in [0.2, 0.25) is 5.02 Å². The molecule has 0 aliphatic carbocycles. The Morgan fingerprint density at radius 3 is 2.60 bits per heavy atom. The van der Waals surface area contributed by atoms with Crippen molar-refractivity contribution in [2.45, 2.75) is 12.8 Å². The van der Waals surface area contributed by atoms with E-state index in [0.717, 1.165) is 0 Å². The second-order valence-electron chi connectivity index (χ2n) is 3.43. The minimum absolute atomic E-state index is 0.0532. The van der Waals surface area contributed by atoms with E-state index in [0.29, 0.717) is 35.8 Å². The van der Waals surface area contributed by atoms with E-state index in [1.54, 1.807) is 16.3 Å². The van der Waals surface area contributed by atoms with Crippen LogP contribution in [0.3, 0.4) is 0 Å². The van der Waals surface area contributed by atoms with Gasteiger partial charge in [0.15, 0.2) is 0 Å². The fourth-order valence-electron chi connectivity index (χ4n) is 1.55. The molecule has 0 unspecified atom stereocenters. The molecule has 1 aromatic rings. The summed E-state index contributed by atoms with van der Waals surface area (Å²) in [5.41, 5.74) is 0. The number of hydrogen-bond acceptors (Lipinski definition) is 3. The van der Waals surface area contributed by atoms with Crippen LogP contribution in [-0.2, 0) is 4.79 Å². The number of rotatable bonds is 1. The van der Waals surface area contributed by atoms with Crippen molar-refractivity contribution < 1.29 is 9.59 Å². The Morgan fingerprint density at radius 1 is 1.40 bits per heavy atom. The molecular formula is C10H10ClNO2S. The molecule has 1 fully saturated rings. The fraction of sp³-hybridized carbons (Fsp3) is 0.400. The first-order chi connectivity index (χ1) is 7.18. The van der Waals surface area contributed by atoms with Gasteiger partial charge in [-0.2, -0.15) is 0 Å². The van der Waals surface area contributed by atoms with Crippen LogP contribution in [-0.4, -0.2) is 29.7 Å². The van der Waals surface area contributed by atoms with Crippen molar-refractivity contribution in [3.63, 3.8) is 0 Å². The Kier molecular flexibility index (Phi) is 3.07. The van der Waals surface area contributed by atoms with E-state index in [1.165, 1.54) is 11.3 Å². The highest BCUT2D eigenvalue weighted by Gasteiger charge is 2.23. The SMILES string of the molecule is O=C1CCN(C(=O)c2sccc2Cl)CC1. The quantitative estimate of drug-likeness (QED) is 0.758. The summed E-state index contributed by atoms with van der Waals surface area (Å²) >= 11 is 7.22. The van der Waals surface area contributed by atoms with Crippen LogP contribution in [0.4, 0.5) is 0 Å². The molecule has 0 atom stereocenters. The summed E-state index contributed by atoms with van der Waals surface area (Å²) in [6.45, 7) is 1.04. The zero-order chi connectivity index (χ0) is 10.8. The van der Waals surface area contributed by atoms with E-state index in [4.69, 9.17) is 11.6 Å². The third-order valence-electron chi connectivity index (χ3n) is 2.42. The molecule has 0 radical (unpaired) electrons. The average molecular weight is 244 g/mol. The number of halogens is 1. The van der Waals surface area contributed by atoms with Crippen molar-refractivity contribution in [2.24, 2.45) is 0 Å². The predicted molar refractivity (Wildman–Crippen MR) is 59.5 cm³/mol. The molecule has 2 heterocycles. The number of amides is 1. The topological polar surface area (TPSA) is 37.4 Å². The predicted octanol–water partition coefficient (Wildman–Crippen LogP) is 2.21. The second-order valence-corrected chi connectivity index (χ2v) is 4.75. The maximum absolute atomic E-state index is 11.9. The van der Waals surface area contributed by atoms with Gasteiger partial charge in [0.05, 0.1) is 5.02 Å². The Morgan fingerprint density at radius 2 is 2.07 bits per heavy atom. The number of carbonyl (C=O) groups excluding carboxylic acids is 2. The maximum atomic E-state index is 11.9. The van der Waals surface area contributed by atoms with Crippen LogP contribution in [0.1, 0.15) is 22.5 Å². The molecule has 1 amide bonds.